The Balaban J connectivity index is 1.74. The highest BCUT2D eigenvalue weighted by atomic mass is 79.9. The van der Waals surface area contributed by atoms with E-state index >= 15 is 0 Å². The Kier molecular flexibility index (Phi) is 4.57. The van der Waals surface area contributed by atoms with E-state index in [0.717, 1.165) is 16.5 Å². The standard InChI is InChI=1S/C18H19BrN2O/c1-12(21-18(22)16-9-17(19)11-20-10-16)14-7-6-13-4-2-3-5-15(13)8-14/h6-12H,2-5H2,1H3,(H,21,22)/t12-/m1/s1. The third-order valence-corrected chi connectivity index (χ3v) is 4.62. The Morgan fingerprint density at radius 3 is 2.73 bits per heavy atom. The maximum atomic E-state index is 12.3. The number of hydrogen-bond acceptors (Lipinski definition) is 2. The molecule has 3 rings (SSSR count). The molecule has 1 heterocycles. The minimum absolute atomic E-state index is 0.0151. The number of carbonyl (C=O) groups excluding carboxylic acids is 1. The fourth-order valence-electron chi connectivity index (χ4n) is 2.92. The zero-order valence-electron chi connectivity index (χ0n) is 12.6. The fourth-order valence-corrected chi connectivity index (χ4v) is 3.29. The topological polar surface area (TPSA) is 42.0 Å². The molecule has 1 aliphatic carbocycles. The number of amides is 1. The molecule has 0 saturated heterocycles. The summed E-state index contributed by atoms with van der Waals surface area (Å²) in [6, 6.07) is 8.36. The summed E-state index contributed by atoms with van der Waals surface area (Å²) in [5.41, 5.74) is 4.63. The number of aromatic nitrogens is 1. The van der Waals surface area contributed by atoms with E-state index in [1.54, 1.807) is 18.5 Å². The van der Waals surface area contributed by atoms with E-state index in [4.69, 9.17) is 0 Å². The van der Waals surface area contributed by atoms with Crippen LogP contribution in [0.1, 0.15) is 52.9 Å². The zero-order valence-corrected chi connectivity index (χ0v) is 14.2. The number of halogens is 1. The van der Waals surface area contributed by atoms with Crippen LogP contribution in [0.2, 0.25) is 0 Å². The van der Waals surface area contributed by atoms with Gasteiger partial charge in [-0.25, -0.2) is 0 Å². The molecule has 0 radical (unpaired) electrons. The Bertz CT molecular complexity index is 699. The maximum absolute atomic E-state index is 12.3. The minimum Gasteiger partial charge on any atom is -0.345 e. The van der Waals surface area contributed by atoms with Crippen LogP contribution >= 0.6 is 15.9 Å². The monoisotopic (exact) mass is 358 g/mol. The molecular weight excluding hydrogens is 340 g/mol. The maximum Gasteiger partial charge on any atom is 0.253 e. The van der Waals surface area contributed by atoms with Crippen molar-refractivity contribution < 1.29 is 4.79 Å². The number of hydrogen-bond donors (Lipinski definition) is 1. The smallest absolute Gasteiger partial charge is 0.253 e. The van der Waals surface area contributed by atoms with Crippen molar-refractivity contribution in [3.8, 4) is 0 Å². The van der Waals surface area contributed by atoms with E-state index < -0.39 is 0 Å². The van der Waals surface area contributed by atoms with Gasteiger partial charge in [0.2, 0.25) is 0 Å². The second-order valence-electron chi connectivity index (χ2n) is 5.82. The summed E-state index contributed by atoms with van der Waals surface area (Å²) in [6.07, 6.45) is 8.14. The first-order valence-corrected chi connectivity index (χ1v) is 8.46. The molecule has 22 heavy (non-hydrogen) atoms. The molecule has 1 aromatic heterocycles. The molecule has 2 aromatic rings. The van der Waals surface area contributed by atoms with Crippen molar-refractivity contribution in [3.05, 3.63) is 63.4 Å². The average molecular weight is 359 g/mol. The fraction of sp³-hybridized carbons (Fsp3) is 0.333. The van der Waals surface area contributed by atoms with Crippen molar-refractivity contribution in [2.45, 2.75) is 38.6 Å². The lowest BCUT2D eigenvalue weighted by atomic mass is 9.89. The largest absolute Gasteiger partial charge is 0.345 e. The molecule has 0 spiro atoms. The van der Waals surface area contributed by atoms with Gasteiger partial charge in [0.25, 0.3) is 5.91 Å². The van der Waals surface area contributed by atoms with E-state index in [9.17, 15) is 4.79 Å². The summed E-state index contributed by atoms with van der Waals surface area (Å²) in [5.74, 6) is -0.0981. The molecule has 0 aliphatic heterocycles. The van der Waals surface area contributed by atoms with Crippen molar-refractivity contribution in [2.75, 3.05) is 0 Å². The Morgan fingerprint density at radius 1 is 1.18 bits per heavy atom. The molecule has 0 unspecified atom stereocenters. The molecule has 1 aromatic carbocycles. The van der Waals surface area contributed by atoms with Crippen LogP contribution in [-0.2, 0) is 12.8 Å². The van der Waals surface area contributed by atoms with Gasteiger partial charge in [-0.15, -0.1) is 0 Å². The molecule has 0 fully saturated rings. The minimum atomic E-state index is -0.0981. The van der Waals surface area contributed by atoms with Gasteiger partial charge in [-0.05, 0) is 71.3 Å². The summed E-state index contributed by atoms with van der Waals surface area (Å²) in [5, 5.41) is 3.05. The van der Waals surface area contributed by atoms with Crippen LogP contribution in [-0.4, -0.2) is 10.9 Å². The van der Waals surface area contributed by atoms with E-state index in [2.05, 4.69) is 44.4 Å². The van der Waals surface area contributed by atoms with Crippen LogP contribution in [0.25, 0.3) is 0 Å². The van der Waals surface area contributed by atoms with Gasteiger partial charge in [-0.1, -0.05) is 18.2 Å². The molecular formula is C18H19BrN2O. The van der Waals surface area contributed by atoms with E-state index in [0.29, 0.717) is 5.56 Å². The quantitative estimate of drug-likeness (QED) is 0.892. The van der Waals surface area contributed by atoms with Gasteiger partial charge in [0.1, 0.15) is 0 Å². The Morgan fingerprint density at radius 2 is 1.95 bits per heavy atom. The summed E-state index contributed by atoms with van der Waals surface area (Å²) in [7, 11) is 0. The first-order valence-electron chi connectivity index (χ1n) is 7.66. The van der Waals surface area contributed by atoms with Crippen LogP contribution in [0, 0.1) is 0 Å². The molecule has 0 saturated carbocycles. The molecule has 114 valence electrons. The predicted octanol–water partition coefficient (Wildman–Crippen LogP) is 4.21. The third-order valence-electron chi connectivity index (χ3n) is 4.19. The summed E-state index contributed by atoms with van der Waals surface area (Å²) < 4.78 is 0.807. The summed E-state index contributed by atoms with van der Waals surface area (Å²) >= 11 is 3.34. The van der Waals surface area contributed by atoms with Gasteiger partial charge < -0.3 is 5.32 Å². The normalized spacial score (nSPS) is 15.0. The van der Waals surface area contributed by atoms with E-state index in [1.807, 2.05) is 6.92 Å². The molecule has 1 atom stereocenters. The first kappa shape index (κ1) is 15.2. The lowest BCUT2D eigenvalue weighted by Crippen LogP contribution is -2.27. The molecule has 3 nitrogen and oxygen atoms in total. The SMILES string of the molecule is C[C@@H](NC(=O)c1cncc(Br)c1)c1ccc2c(c1)CCCC2. The molecule has 1 N–H and O–H groups in total. The number of fused-ring (bicyclic) bond motifs is 1. The van der Waals surface area contributed by atoms with Crippen LogP contribution in [0.15, 0.2) is 41.1 Å². The molecule has 0 bridgehead atoms. The van der Waals surface area contributed by atoms with Crippen LogP contribution < -0.4 is 5.32 Å². The molecule has 1 aliphatic rings. The average Bonchev–Trinajstić information content (AvgIpc) is 2.54. The second-order valence-corrected chi connectivity index (χ2v) is 6.74. The van der Waals surface area contributed by atoms with Gasteiger partial charge >= 0.3 is 0 Å². The Labute approximate surface area is 139 Å². The van der Waals surface area contributed by atoms with Crippen molar-refractivity contribution >= 4 is 21.8 Å². The summed E-state index contributed by atoms with van der Waals surface area (Å²) in [4.78, 5) is 16.3. The van der Waals surface area contributed by atoms with E-state index in [1.165, 1.54) is 30.4 Å². The highest BCUT2D eigenvalue weighted by Gasteiger charge is 2.15. The Hall–Kier alpha value is -1.68. The van der Waals surface area contributed by atoms with Crippen LogP contribution in [0.5, 0.6) is 0 Å². The number of carbonyl (C=O) groups is 1. The molecule has 4 heteroatoms. The lowest BCUT2D eigenvalue weighted by Gasteiger charge is -2.20. The highest BCUT2D eigenvalue weighted by molar-refractivity contribution is 9.10. The number of nitrogens with one attached hydrogen (secondary N) is 1. The number of aryl methyl sites for hydroxylation is 2. The van der Waals surface area contributed by atoms with Crippen molar-refractivity contribution in [1.29, 1.82) is 0 Å². The van der Waals surface area contributed by atoms with Gasteiger partial charge in [-0.2, -0.15) is 0 Å². The molecule has 1 amide bonds. The second kappa shape index (κ2) is 6.61. The van der Waals surface area contributed by atoms with Gasteiger partial charge in [-0.3, -0.25) is 9.78 Å². The predicted molar refractivity (Wildman–Crippen MR) is 90.9 cm³/mol. The van der Waals surface area contributed by atoms with Crippen LogP contribution in [0.3, 0.4) is 0 Å². The lowest BCUT2D eigenvalue weighted by molar-refractivity contribution is 0.0939. The van der Waals surface area contributed by atoms with Crippen molar-refractivity contribution in [1.82, 2.24) is 10.3 Å². The summed E-state index contributed by atoms with van der Waals surface area (Å²) in [6.45, 7) is 2.02. The van der Waals surface area contributed by atoms with Crippen molar-refractivity contribution in [3.63, 3.8) is 0 Å². The van der Waals surface area contributed by atoms with Gasteiger partial charge in [0, 0.05) is 16.9 Å². The number of pyridine rings is 1. The van der Waals surface area contributed by atoms with Crippen LogP contribution in [0.4, 0.5) is 0 Å². The number of rotatable bonds is 3. The highest BCUT2D eigenvalue weighted by Crippen LogP contribution is 2.25. The van der Waals surface area contributed by atoms with Crippen molar-refractivity contribution in [2.24, 2.45) is 0 Å². The third kappa shape index (κ3) is 3.38. The van der Waals surface area contributed by atoms with Gasteiger partial charge in [0.05, 0.1) is 11.6 Å². The number of benzene rings is 1. The zero-order chi connectivity index (χ0) is 15.5. The van der Waals surface area contributed by atoms with E-state index in [-0.39, 0.29) is 11.9 Å². The first-order chi connectivity index (χ1) is 10.6. The number of nitrogens with zero attached hydrogens (tertiary/aromatic N) is 1. The van der Waals surface area contributed by atoms with Gasteiger partial charge in [0.15, 0.2) is 0 Å².